The molecule has 1 fully saturated rings. The average molecular weight is 398 g/mol. The minimum absolute atomic E-state index is 0. The Morgan fingerprint density at radius 2 is 2.00 bits per heavy atom. The van der Waals surface area contributed by atoms with Crippen LogP contribution in [-0.4, -0.2) is 21.5 Å². The number of imidazole rings is 1. The van der Waals surface area contributed by atoms with Crippen molar-refractivity contribution in [1.82, 2.24) is 15.0 Å². The molecule has 6 heteroatoms. The zero-order chi connectivity index (χ0) is 18.4. The lowest BCUT2D eigenvalue weighted by atomic mass is 9.89. The zero-order valence-electron chi connectivity index (χ0n) is 16.0. The number of aromatic amines is 1. The third kappa shape index (κ3) is 3.66. The summed E-state index contributed by atoms with van der Waals surface area (Å²) in [6.45, 7) is 0.798. The highest BCUT2D eigenvalue weighted by Crippen LogP contribution is 2.41. The number of aromatic nitrogens is 3. The van der Waals surface area contributed by atoms with Crippen molar-refractivity contribution < 1.29 is 0 Å². The van der Waals surface area contributed by atoms with E-state index in [0.29, 0.717) is 11.8 Å². The molecule has 28 heavy (non-hydrogen) atoms. The predicted molar refractivity (Wildman–Crippen MR) is 115 cm³/mol. The Bertz CT molecular complexity index is 949. The Kier molecular flexibility index (Phi) is 5.41. The van der Waals surface area contributed by atoms with Crippen molar-refractivity contribution in [3.05, 3.63) is 58.7 Å². The molecular formula is C22H28ClN5. The largest absolute Gasteiger partial charge is 0.342 e. The number of halogens is 1. The SMILES string of the molecule is Cl.NC[C@@H]1C[C@H]1Cc1cc2c(nc1Cc1nc3ccccc3[nH]1)[C@@H](N)CCC2. The first-order valence-electron chi connectivity index (χ1n) is 10.1. The number of hydrogen-bond donors (Lipinski definition) is 3. The van der Waals surface area contributed by atoms with E-state index < -0.39 is 0 Å². The maximum Gasteiger partial charge on any atom is 0.113 e. The van der Waals surface area contributed by atoms with Gasteiger partial charge in [0.15, 0.2) is 0 Å². The van der Waals surface area contributed by atoms with Crippen LogP contribution in [0.1, 0.15) is 53.6 Å². The first kappa shape index (κ1) is 19.4. The molecule has 2 heterocycles. The number of nitrogens with two attached hydrogens (primary N) is 2. The van der Waals surface area contributed by atoms with E-state index >= 15 is 0 Å². The Hall–Kier alpha value is -1.95. The summed E-state index contributed by atoms with van der Waals surface area (Å²) in [7, 11) is 0. The summed E-state index contributed by atoms with van der Waals surface area (Å²) in [5.74, 6) is 2.37. The molecule has 0 spiro atoms. The molecule has 5 N–H and O–H groups in total. The van der Waals surface area contributed by atoms with Crippen LogP contribution in [0.25, 0.3) is 11.0 Å². The van der Waals surface area contributed by atoms with E-state index in [-0.39, 0.29) is 18.4 Å². The number of pyridine rings is 1. The van der Waals surface area contributed by atoms with Gasteiger partial charge in [0.25, 0.3) is 0 Å². The number of para-hydroxylation sites is 2. The lowest BCUT2D eigenvalue weighted by Gasteiger charge is -2.23. The monoisotopic (exact) mass is 397 g/mol. The molecule has 0 aliphatic heterocycles. The number of hydrogen-bond acceptors (Lipinski definition) is 4. The summed E-state index contributed by atoms with van der Waals surface area (Å²) in [6.07, 6.45) is 6.33. The van der Waals surface area contributed by atoms with Crippen molar-refractivity contribution in [2.45, 2.75) is 44.6 Å². The Labute approximate surface area is 171 Å². The fourth-order valence-electron chi connectivity index (χ4n) is 4.54. The van der Waals surface area contributed by atoms with Crippen LogP contribution in [0.2, 0.25) is 0 Å². The number of aryl methyl sites for hydroxylation is 1. The number of benzene rings is 1. The van der Waals surface area contributed by atoms with Gasteiger partial charge in [0.05, 0.1) is 22.4 Å². The van der Waals surface area contributed by atoms with Crippen LogP contribution in [0.5, 0.6) is 0 Å². The van der Waals surface area contributed by atoms with Gasteiger partial charge in [-0.1, -0.05) is 18.2 Å². The normalized spacial score (nSPS) is 23.3. The van der Waals surface area contributed by atoms with Gasteiger partial charge < -0.3 is 16.5 Å². The highest BCUT2D eigenvalue weighted by atomic mass is 35.5. The van der Waals surface area contributed by atoms with Crippen LogP contribution < -0.4 is 11.5 Å². The molecule has 148 valence electrons. The highest BCUT2D eigenvalue weighted by molar-refractivity contribution is 5.85. The van der Waals surface area contributed by atoms with Crippen LogP contribution >= 0.6 is 12.4 Å². The second-order valence-corrected chi connectivity index (χ2v) is 8.21. The Morgan fingerprint density at radius 1 is 1.14 bits per heavy atom. The first-order valence-corrected chi connectivity index (χ1v) is 10.1. The summed E-state index contributed by atoms with van der Waals surface area (Å²) < 4.78 is 0. The molecule has 0 saturated heterocycles. The molecule has 5 rings (SSSR count). The van der Waals surface area contributed by atoms with Crippen molar-refractivity contribution in [3.8, 4) is 0 Å². The van der Waals surface area contributed by atoms with Gasteiger partial charge in [-0.15, -0.1) is 12.4 Å². The van der Waals surface area contributed by atoms with Crippen molar-refractivity contribution >= 4 is 23.4 Å². The van der Waals surface area contributed by atoms with Gasteiger partial charge in [0.1, 0.15) is 5.82 Å². The van der Waals surface area contributed by atoms with Gasteiger partial charge in [-0.2, -0.15) is 0 Å². The van der Waals surface area contributed by atoms with Crippen molar-refractivity contribution in [2.24, 2.45) is 23.3 Å². The van der Waals surface area contributed by atoms with Gasteiger partial charge >= 0.3 is 0 Å². The summed E-state index contributed by atoms with van der Waals surface area (Å²) in [5.41, 5.74) is 19.3. The number of rotatable bonds is 5. The van der Waals surface area contributed by atoms with E-state index in [1.165, 1.54) is 17.5 Å². The fourth-order valence-corrected chi connectivity index (χ4v) is 4.54. The topological polar surface area (TPSA) is 93.6 Å². The summed E-state index contributed by atoms with van der Waals surface area (Å²) >= 11 is 0. The van der Waals surface area contributed by atoms with E-state index in [9.17, 15) is 0 Å². The molecule has 3 atom stereocenters. The highest BCUT2D eigenvalue weighted by Gasteiger charge is 2.36. The smallest absolute Gasteiger partial charge is 0.113 e. The minimum atomic E-state index is 0. The second-order valence-electron chi connectivity index (χ2n) is 8.21. The number of H-pyrrole nitrogens is 1. The molecule has 0 bridgehead atoms. The zero-order valence-corrected chi connectivity index (χ0v) is 16.8. The van der Waals surface area contributed by atoms with E-state index in [4.69, 9.17) is 21.4 Å². The maximum absolute atomic E-state index is 6.37. The van der Waals surface area contributed by atoms with Gasteiger partial charge in [-0.25, -0.2) is 4.98 Å². The quantitative estimate of drug-likeness (QED) is 0.614. The molecule has 3 aromatic rings. The average Bonchev–Trinajstić information content (AvgIpc) is 3.30. The van der Waals surface area contributed by atoms with E-state index in [0.717, 1.165) is 66.9 Å². The molecular weight excluding hydrogens is 370 g/mol. The van der Waals surface area contributed by atoms with E-state index in [2.05, 4.69) is 17.1 Å². The van der Waals surface area contributed by atoms with Gasteiger partial charge in [-0.3, -0.25) is 4.98 Å². The molecule has 2 aromatic heterocycles. The standard InChI is InChI=1S/C22H27N5.ClH/c23-12-16-10-14(16)9-15-8-13-4-3-5-17(24)22(13)27-20(15)11-21-25-18-6-1-2-7-19(18)26-21;/h1-2,6-8,14,16-17H,3-5,9-12,23-24H2,(H,25,26);1H/t14-,16+,17+;/m1./s1. The van der Waals surface area contributed by atoms with Crippen LogP contribution in [0.4, 0.5) is 0 Å². The molecule has 1 aromatic carbocycles. The number of nitrogens with one attached hydrogen (secondary N) is 1. The van der Waals surface area contributed by atoms with Crippen molar-refractivity contribution in [3.63, 3.8) is 0 Å². The third-order valence-corrected chi connectivity index (χ3v) is 6.24. The Morgan fingerprint density at radius 3 is 2.79 bits per heavy atom. The molecule has 0 radical (unpaired) electrons. The van der Waals surface area contributed by atoms with Crippen LogP contribution in [0, 0.1) is 11.8 Å². The van der Waals surface area contributed by atoms with E-state index in [1.807, 2.05) is 18.2 Å². The lowest BCUT2D eigenvalue weighted by molar-refractivity contribution is 0.549. The van der Waals surface area contributed by atoms with Crippen LogP contribution in [0.3, 0.4) is 0 Å². The lowest BCUT2D eigenvalue weighted by Crippen LogP contribution is -2.21. The second kappa shape index (κ2) is 7.82. The summed E-state index contributed by atoms with van der Waals surface area (Å²) in [6, 6.07) is 10.6. The first-order chi connectivity index (χ1) is 13.2. The fraction of sp³-hybridized carbons (Fsp3) is 0.455. The number of fused-ring (bicyclic) bond motifs is 2. The van der Waals surface area contributed by atoms with Gasteiger partial charge in [-0.05, 0) is 73.7 Å². The molecule has 0 unspecified atom stereocenters. The molecule has 2 aliphatic carbocycles. The van der Waals surface area contributed by atoms with Crippen molar-refractivity contribution in [1.29, 1.82) is 0 Å². The van der Waals surface area contributed by atoms with Crippen LogP contribution in [0.15, 0.2) is 30.3 Å². The summed E-state index contributed by atoms with van der Waals surface area (Å²) in [4.78, 5) is 13.3. The molecule has 5 nitrogen and oxygen atoms in total. The maximum atomic E-state index is 6.37. The minimum Gasteiger partial charge on any atom is -0.342 e. The summed E-state index contributed by atoms with van der Waals surface area (Å²) in [5, 5.41) is 0. The Balaban J connectivity index is 0.00000192. The van der Waals surface area contributed by atoms with Crippen LogP contribution in [-0.2, 0) is 19.3 Å². The van der Waals surface area contributed by atoms with Gasteiger partial charge in [0.2, 0.25) is 0 Å². The predicted octanol–water partition coefficient (Wildman–Crippen LogP) is 3.44. The third-order valence-electron chi connectivity index (χ3n) is 6.24. The molecule has 1 saturated carbocycles. The number of nitrogens with zero attached hydrogens (tertiary/aromatic N) is 2. The van der Waals surface area contributed by atoms with E-state index in [1.54, 1.807) is 0 Å². The molecule has 0 amide bonds. The molecule has 2 aliphatic rings. The van der Waals surface area contributed by atoms with Crippen molar-refractivity contribution in [2.75, 3.05) is 6.54 Å². The van der Waals surface area contributed by atoms with Gasteiger partial charge in [0, 0.05) is 12.5 Å².